The fraction of sp³-hybridized carbons (Fsp3) is 0.462. The third-order valence-electron chi connectivity index (χ3n) is 7.02. The monoisotopic (exact) mass is 480 g/mol. The maximum Gasteiger partial charge on any atom is 0.256 e. The molecule has 4 heterocycles. The maximum atomic E-state index is 13.5. The first kappa shape index (κ1) is 23.6. The second kappa shape index (κ2) is 9.85. The maximum absolute atomic E-state index is 13.5. The number of carbonyl (C=O) groups excluding carboxylic acids is 2. The van der Waals surface area contributed by atoms with Crippen molar-refractivity contribution in [1.29, 1.82) is 0 Å². The van der Waals surface area contributed by atoms with E-state index in [0.29, 0.717) is 55.4 Å². The van der Waals surface area contributed by atoms with Crippen LogP contribution in [0.25, 0.3) is 11.6 Å². The number of ether oxygens (including phenoxy) is 2. The smallest absolute Gasteiger partial charge is 0.256 e. The predicted molar refractivity (Wildman–Crippen MR) is 133 cm³/mol. The molecule has 35 heavy (non-hydrogen) atoms. The fourth-order valence-electron chi connectivity index (χ4n) is 5.16. The van der Waals surface area contributed by atoms with E-state index in [2.05, 4.69) is 15.2 Å². The molecule has 1 atom stereocenters. The van der Waals surface area contributed by atoms with Crippen molar-refractivity contribution < 1.29 is 24.2 Å². The molecule has 3 N–H and O–H groups in total. The van der Waals surface area contributed by atoms with Gasteiger partial charge in [-0.3, -0.25) is 14.5 Å². The van der Waals surface area contributed by atoms with Crippen molar-refractivity contribution in [2.75, 3.05) is 58.4 Å². The van der Waals surface area contributed by atoms with Crippen LogP contribution in [0.5, 0.6) is 5.75 Å². The summed E-state index contributed by atoms with van der Waals surface area (Å²) in [6.45, 7) is 6.30. The van der Waals surface area contributed by atoms with Crippen molar-refractivity contribution in [2.45, 2.75) is 25.9 Å². The Labute approximate surface area is 204 Å². The molecule has 1 aromatic carbocycles. The number of aliphatic hydroxyl groups excluding tert-OH is 1. The van der Waals surface area contributed by atoms with Crippen molar-refractivity contribution >= 4 is 29.2 Å². The Balaban J connectivity index is 1.37. The Morgan fingerprint density at radius 1 is 1.20 bits per heavy atom. The van der Waals surface area contributed by atoms with Crippen molar-refractivity contribution in [3.63, 3.8) is 0 Å². The van der Waals surface area contributed by atoms with Gasteiger partial charge in [-0.25, -0.2) is 0 Å². The first-order chi connectivity index (χ1) is 16.9. The third kappa shape index (κ3) is 4.71. The van der Waals surface area contributed by atoms with E-state index in [4.69, 9.17) is 9.47 Å². The van der Waals surface area contributed by atoms with Crippen LogP contribution in [0.15, 0.2) is 18.2 Å². The highest BCUT2D eigenvalue weighted by Gasteiger charge is 2.30. The van der Waals surface area contributed by atoms with Crippen molar-refractivity contribution in [3.05, 3.63) is 46.3 Å². The number of fused-ring (bicyclic) bond motifs is 2. The minimum atomic E-state index is -0.616. The number of aromatic amines is 1. The zero-order chi connectivity index (χ0) is 24.5. The molecule has 0 radical (unpaired) electrons. The molecule has 1 saturated heterocycles. The van der Waals surface area contributed by atoms with Crippen LogP contribution in [0, 0.1) is 6.92 Å². The van der Waals surface area contributed by atoms with Crippen LogP contribution in [-0.2, 0) is 16.0 Å². The lowest BCUT2D eigenvalue weighted by atomic mass is 10.0. The van der Waals surface area contributed by atoms with Crippen LogP contribution in [0.4, 0.5) is 5.69 Å². The number of hydrogen-bond donors (Lipinski definition) is 3. The molecule has 3 aliphatic heterocycles. The van der Waals surface area contributed by atoms with Crippen LogP contribution >= 0.6 is 0 Å². The van der Waals surface area contributed by atoms with Gasteiger partial charge in [0.15, 0.2) is 0 Å². The number of H-pyrrole nitrogens is 1. The van der Waals surface area contributed by atoms with Crippen LogP contribution in [0.2, 0.25) is 0 Å². The van der Waals surface area contributed by atoms with Gasteiger partial charge in [0.05, 0.1) is 43.3 Å². The number of amides is 2. The molecule has 186 valence electrons. The molecular weight excluding hydrogens is 448 g/mol. The van der Waals surface area contributed by atoms with Gasteiger partial charge in [-0.05, 0) is 43.5 Å². The number of hydrogen-bond acceptors (Lipinski definition) is 6. The molecular formula is C26H32N4O5. The molecule has 2 aromatic rings. The van der Waals surface area contributed by atoms with E-state index in [1.807, 2.05) is 25.1 Å². The van der Waals surface area contributed by atoms with Gasteiger partial charge in [-0.2, -0.15) is 0 Å². The first-order valence-corrected chi connectivity index (χ1v) is 12.1. The average molecular weight is 481 g/mol. The fourth-order valence-corrected chi connectivity index (χ4v) is 5.16. The number of rotatable bonds is 6. The molecule has 0 aliphatic carbocycles. The van der Waals surface area contributed by atoms with Gasteiger partial charge in [0, 0.05) is 55.7 Å². The lowest BCUT2D eigenvalue weighted by Gasteiger charge is -2.31. The van der Waals surface area contributed by atoms with Crippen molar-refractivity contribution in [2.24, 2.45) is 0 Å². The summed E-state index contributed by atoms with van der Waals surface area (Å²) in [5, 5.41) is 13.6. The van der Waals surface area contributed by atoms with Crippen LogP contribution in [-0.4, -0.2) is 90.9 Å². The van der Waals surface area contributed by atoms with Crippen molar-refractivity contribution in [1.82, 2.24) is 14.8 Å². The number of morpholine rings is 1. The molecule has 9 nitrogen and oxygen atoms in total. The average Bonchev–Trinajstić information content (AvgIpc) is 3.27. The molecule has 3 aliphatic rings. The summed E-state index contributed by atoms with van der Waals surface area (Å²) < 4.78 is 10.6. The summed E-state index contributed by atoms with van der Waals surface area (Å²) >= 11 is 0. The molecule has 0 saturated carbocycles. The number of methoxy groups -OCH3 is 1. The number of carbonyl (C=O) groups is 2. The Morgan fingerprint density at radius 2 is 2.00 bits per heavy atom. The molecule has 0 spiro atoms. The van der Waals surface area contributed by atoms with Crippen LogP contribution in [0.1, 0.15) is 39.3 Å². The Hall–Kier alpha value is -3.14. The summed E-state index contributed by atoms with van der Waals surface area (Å²) in [7, 11) is 1.59. The molecule has 9 heteroatoms. The van der Waals surface area contributed by atoms with E-state index in [0.717, 1.165) is 48.4 Å². The summed E-state index contributed by atoms with van der Waals surface area (Å²) in [5.41, 5.74) is 5.18. The van der Waals surface area contributed by atoms with Gasteiger partial charge >= 0.3 is 0 Å². The molecule has 5 rings (SSSR count). The number of aryl methyl sites for hydroxylation is 1. The Bertz CT molecular complexity index is 1160. The summed E-state index contributed by atoms with van der Waals surface area (Å²) in [5.74, 6) is 0.420. The zero-order valence-electron chi connectivity index (χ0n) is 20.2. The molecule has 2 amide bonds. The molecule has 1 aromatic heterocycles. The highest BCUT2D eigenvalue weighted by Crippen LogP contribution is 2.36. The summed E-state index contributed by atoms with van der Waals surface area (Å²) in [4.78, 5) is 33.5. The van der Waals surface area contributed by atoms with E-state index in [1.165, 1.54) is 0 Å². The van der Waals surface area contributed by atoms with Gasteiger partial charge in [0.25, 0.3) is 11.8 Å². The lowest BCUT2D eigenvalue weighted by Crippen LogP contribution is -2.46. The third-order valence-corrected chi connectivity index (χ3v) is 7.02. The summed E-state index contributed by atoms with van der Waals surface area (Å²) in [6.07, 6.45) is 2.75. The van der Waals surface area contributed by atoms with Crippen molar-refractivity contribution in [3.8, 4) is 5.75 Å². The lowest BCUT2D eigenvalue weighted by molar-refractivity contribution is -0.110. The van der Waals surface area contributed by atoms with Gasteiger partial charge in [-0.1, -0.05) is 0 Å². The largest absolute Gasteiger partial charge is 0.497 e. The minimum Gasteiger partial charge on any atom is -0.497 e. The van der Waals surface area contributed by atoms with E-state index < -0.39 is 6.10 Å². The normalized spacial score (nSPS) is 20.4. The first-order valence-electron chi connectivity index (χ1n) is 12.1. The van der Waals surface area contributed by atoms with E-state index in [1.54, 1.807) is 18.1 Å². The minimum absolute atomic E-state index is 0.0714. The quantitative estimate of drug-likeness (QED) is 0.546. The highest BCUT2D eigenvalue weighted by molar-refractivity contribution is 6.35. The molecule has 0 bridgehead atoms. The number of nitrogens with zero attached hydrogens (tertiary/aromatic N) is 2. The number of anilines is 1. The second-order valence-electron chi connectivity index (χ2n) is 9.36. The number of benzene rings is 1. The second-order valence-corrected chi connectivity index (χ2v) is 9.36. The highest BCUT2D eigenvalue weighted by atomic mass is 16.5. The van der Waals surface area contributed by atoms with Crippen LogP contribution in [0.3, 0.4) is 0 Å². The Morgan fingerprint density at radius 3 is 2.77 bits per heavy atom. The van der Waals surface area contributed by atoms with E-state index >= 15 is 0 Å². The zero-order valence-corrected chi connectivity index (χ0v) is 20.2. The predicted octanol–water partition coefficient (Wildman–Crippen LogP) is 1.91. The summed E-state index contributed by atoms with van der Waals surface area (Å²) in [6, 6.07) is 5.49. The number of aromatic nitrogens is 1. The molecule has 0 unspecified atom stereocenters. The van der Waals surface area contributed by atoms with E-state index in [-0.39, 0.29) is 11.8 Å². The van der Waals surface area contributed by atoms with Gasteiger partial charge in [0.1, 0.15) is 5.75 Å². The van der Waals surface area contributed by atoms with Gasteiger partial charge in [0.2, 0.25) is 0 Å². The topological polar surface area (TPSA) is 107 Å². The van der Waals surface area contributed by atoms with Gasteiger partial charge in [-0.15, -0.1) is 0 Å². The van der Waals surface area contributed by atoms with Crippen LogP contribution < -0.4 is 10.1 Å². The SMILES string of the molecule is COc1ccc2c(c1)NC(=O)C2=Cc1[nH]c2c(c1C)C(=O)N(C[C@H](O)CN1CCOCC1)CCC2. The molecule has 1 fully saturated rings. The number of aliphatic hydroxyl groups is 1. The number of β-amino-alcohol motifs (C(OH)–C–C–N with tert-alkyl or cyclic N) is 1. The van der Waals surface area contributed by atoms with Gasteiger partial charge < -0.3 is 29.8 Å². The van der Waals surface area contributed by atoms with E-state index in [9.17, 15) is 14.7 Å². The number of nitrogens with one attached hydrogen (secondary N) is 2. The Kier molecular flexibility index (Phi) is 6.64. The standard InChI is InChI=1S/C26H32N4O5/c1-16-22(13-20-19-6-5-18(34-2)12-23(19)28-25(20)32)27-21-4-3-7-30(26(33)24(16)21)15-17(31)14-29-8-10-35-11-9-29/h5-6,12-13,17,27,31H,3-4,7-11,14-15H2,1-2H3,(H,28,32)/t17-/m1/s1.